The Hall–Kier alpha value is -0.513. The SMILES string of the molecule is CCOC(=O)NC[Si](CC)(CC)CC. The van der Waals surface area contributed by atoms with E-state index in [-0.39, 0.29) is 6.09 Å². The molecular formula is C10H23NO2Si. The van der Waals surface area contributed by atoms with Gasteiger partial charge in [-0.25, -0.2) is 4.79 Å². The number of nitrogens with one attached hydrogen (secondary N) is 1. The molecule has 0 saturated heterocycles. The highest BCUT2D eigenvalue weighted by Crippen LogP contribution is 2.18. The minimum atomic E-state index is -1.22. The molecule has 1 N–H and O–H groups in total. The largest absolute Gasteiger partial charge is 0.450 e. The highest BCUT2D eigenvalue weighted by molar-refractivity contribution is 6.80. The lowest BCUT2D eigenvalue weighted by Gasteiger charge is -2.27. The van der Waals surface area contributed by atoms with Crippen LogP contribution in [0.25, 0.3) is 0 Å². The van der Waals surface area contributed by atoms with Crippen molar-refractivity contribution in [3.8, 4) is 0 Å². The maximum atomic E-state index is 11.1. The lowest BCUT2D eigenvalue weighted by Crippen LogP contribution is -2.45. The number of rotatable bonds is 6. The fourth-order valence-corrected chi connectivity index (χ4v) is 4.34. The van der Waals surface area contributed by atoms with Crippen molar-refractivity contribution in [1.82, 2.24) is 5.32 Å². The molecule has 0 unspecified atom stereocenters. The number of carbonyl (C=O) groups excluding carboxylic acids is 1. The van der Waals surface area contributed by atoms with Gasteiger partial charge in [0.05, 0.1) is 14.7 Å². The van der Waals surface area contributed by atoms with Gasteiger partial charge in [-0.1, -0.05) is 38.9 Å². The fourth-order valence-electron chi connectivity index (χ4n) is 1.57. The second kappa shape index (κ2) is 6.87. The van der Waals surface area contributed by atoms with Crippen molar-refractivity contribution >= 4 is 14.2 Å². The van der Waals surface area contributed by atoms with Crippen LogP contribution >= 0.6 is 0 Å². The van der Waals surface area contributed by atoms with Gasteiger partial charge in [-0.3, -0.25) is 0 Å². The predicted octanol–water partition coefficient (Wildman–Crippen LogP) is 2.78. The Labute approximate surface area is 88.2 Å². The van der Waals surface area contributed by atoms with Crippen molar-refractivity contribution < 1.29 is 9.53 Å². The molecule has 0 aliphatic carbocycles. The smallest absolute Gasteiger partial charge is 0.406 e. The van der Waals surface area contributed by atoms with Crippen molar-refractivity contribution in [3.05, 3.63) is 0 Å². The van der Waals surface area contributed by atoms with E-state index in [0.29, 0.717) is 6.61 Å². The number of carbonyl (C=O) groups is 1. The van der Waals surface area contributed by atoms with Crippen molar-refractivity contribution in [2.45, 2.75) is 45.8 Å². The topological polar surface area (TPSA) is 38.3 Å². The molecule has 0 aromatic rings. The van der Waals surface area contributed by atoms with E-state index in [4.69, 9.17) is 4.74 Å². The molecule has 0 saturated carbocycles. The first-order valence-corrected chi connectivity index (χ1v) is 8.37. The summed E-state index contributed by atoms with van der Waals surface area (Å²) >= 11 is 0. The zero-order chi connectivity index (χ0) is 11.0. The average Bonchev–Trinajstić information content (AvgIpc) is 2.21. The molecule has 84 valence electrons. The molecule has 0 radical (unpaired) electrons. The highest BCUT2D eigenvalue weighted by atomic mass is 28.3. The van der Waals surface area contributed by atoms with Gasteiger partial charge >= 0.3 is 6.09 Å². The molecule has 0 spiro atoms. The minimum absolute atomic E-state index is 0.264. The summed E-state index contributed by atoms with van der Waals surface area (Å²) in [5.74, 6) is 0. The van der Waals surface area contributed by atoms with Gasteiger partial charge in [-0.2, -0.15) is 0 Å². The van der Waals surface area contributed by atoms with Crippen LogP contribution in [0.15, 0.2) is 0 Å². The van der Waals surface area contributed by atoms with Crippen LogP contribution in [0.2, 0.25) is 18.1 Å². The summed E-state index contributed by atoms with van der Waals surface area (Å²) in [4.78, 5) is 11.1. The summed E-state index contributed by atoms with van der Waals surface area (Å²) in [5.41, 5.74) is 0. The Morgan fingerprint density at radius 1 is 1.14 bits per heavy atom. The lowest BCUT2D eigenvalue weighted by molar-refractivity contribution is 0.153. The van der Waals surface area contributed by atoms with Crippen molar-refractivity contribution in [1.29, 1.82) is 0 Å². The molecule has 0 atom stereocenters. The summed E-state index contributed by atoms with van der Waals surface area (Å²) in [5, 5.41) is 2.88. The molecule has 0 rings (SSSR count). The summed E-state index contributed by atoms with van der Waals surface area (Å²) in [6, 6.07) is 3.69. The average molecular weight is 217 g/mol. The molecule has 14 heavy (non-hydrogen) atoms. The molecule has 0 bridgehead atoms. The van der Waals surface area contributed by atoms with Gasteiger partial charge in [0.25, 0.3) is 0 Å². The van der Waals surface area contributed by atoms with E-state index in [2.05, 4.69) is 26.1 Å². The molecule has 0 aliphatic rings. The van der Waals surface area contributed by atoms with Gasteiger partial charge < -0.3 is 10.1 Å². The molecule has 0 aromatic heterocycles. The highest BCUT2D eigenvalue weighted by Gasteiger charge is 2.27. The molecule has 4 heteroatoms. The summed E-state index contributed by atoms with van der Waals surface area (Å²) in [7, 11) is -1.22. The number of ether oxygens (including phenoxy) is 1. The monoisotopic (exact) mass is 217 g/mol. The van der Waals surface area contributed by atoms with Gasteiger partial charge in [-0.05, 0) is 6.92 Å². The van der Waals surface area contributed by atoms with Crippen LogP contribution in [0, 0.1) is 0 Å². The van der Waals surface area contributed by atoms with Crippen LogP contribution in [0.1, 0.15) is 27.7 Å². The first-order chi connectivity index (χ1) is 6.64. The van der Waals surface area contributed by atoms with E-state index < -0.39 is 8.07 Å². The first kappa shape index (κ1) is 13.5. The third-order valence-electron chi connectivity index (χ3n) is 3.13. The van der Waals surface area contributed by atoms with Gasteiger partial charge in [-0.15, -0.1) is 0 Å². The Balaban J connectivity index is 3.99. The molecule has 1 amide bonds. The van der Waals surface area contributed by atoms with E-state index in [9.17, 15) is 4.79 Å². The van der Waals surface area contributed by atoms with Crippen molar-refractivity contribution in [2.24, 2.45) is 0 Å². The van der Waals surface area contributed by atoms with Crippen LogP contribution in [0.4, 0.5) is 4.79 Å². The van der Waals surface area contributed by atoms with Gasteiger partial charge in [0.15, 0.2) is 0 Å². The quantitative estimate of drug-likeness (QED) is 0.695. The third-order valence-corrected chi connectivity index (χ3v) is 8.56. The second-order valence-corrected chi connectivity index (χ2v) is 9.11. The lowest BCUT2D eigenvalue weighted by atomic mass is 10.9. The van der Waals surface area contributed by atoms with Gasteiger partial charge in [0.2, 0.25) is 0 Å². The molecule has 0 fully saturated rings. The third kappa shape index (κ3) is 4.13. The van der Waals surface area contributed by atoms with Gasteiger partial charge in [0, 0.05) is 6.17 Å². The van der Waals surface area contributed by atoms with E-state index in [0.717, 1.165) is 6.17 Å². The Morgan fingerprint density at radius 2 is 1.64 bits per heavy atom. The number of amides is 1. The van der Waals surface area contributed by atoms with Crippen LogP contribution < -0.4 is 5.32 Å². The van der Waals surface area contributed by atoms with E-state index in [1.807, 2.05) is 6.92 Å². The fraction of sp³-hybridized carbons (Fsp3) is 0.900. The van der Waals surface area contributed by atoms with E-state index >= 15 is 0 Å². The summed E-state index contributed by atoms with van der Waals surface area (Å²) in [6.07, 6.45) is 0.592. The first-order valence-electron chi connectivity index (χ1n) is 5.54. The minimum Gasteiger partial charge on any atom is -0.450 e. The van der Waals surface area contributed by atoms with E-state index in [1.54, 1.807) is 0 Å². The van der Waals surface area contributed by atoms with Crippen molar-refractivity contribution in [3.63, 3.8) is 0 Å². The second-order valence-electron chi connectivity index (χ2n) is 3.63. The Kier molecular flexibility index (Phi) is 6.62. The standard InChI is InChI=1S/C10H23NO2Si/c1-5-13-10(12)11-9-14(6-2,7-3)8-4/h5-9H2,1-4H3,(H,11,12). The van der Waals surface area contributed by atoms with Crippen LogP contribution in [-0.4, -0.2) is 26.9 Å². The van der Waals surface area contributed by atoms with Crippen LogP contribution in [0.5, 0.6) is 0 Å². The maximum absolute atomic E-state index is 11.1. The summed E-state index contributed by atoms with van der Waals surface area (Å²) in [6.45, 7) is 8.96. The number of hydrogen-bond donors (Lipinski definition) is 1. The molecule has 3 nitrogen and oxygen atoms in total. The molecule has 0 aromatic carbocycles. The molecule has 0 aliphatic heterocycles. The zero-order valence-electron chi connectivity index (χ0n) is 9.85. The Bertz CT molecular complexity index is 161. The maximum Gasteiger partial charge on any atom is 0.406 e. The van der Waals surface area contributed by atoms with Crippen LogP contribution in [0.3, 0.4) is 0 Å². The van der Waals surface area contributed by atoms with Crippen LogP contribution in [-0.2, 0) is 4.74 Å². The number of hydrogen-bond acceptors (Lipinski definition) is 2. The normalized spacial score (nSPS) is 11.1. The molecule has 0 heterocycles. The van der Waals surface area contributed by atoms with Gasteiger partial charge in [0.1, 0.15) is 0 Å². The van der Waals surface area contributed by atoms with E-state index in [1.165, 1.54) is 18.1 Å². The number of alkyl carbamates (subject to hydrolysis) is 1. The zero-order valence-corrected chi connectivity index (χ0v) is 10.9. The molecular weight excluding hydrogens is 194 g/mol. The Morgan fingerprint density at radius 3 is 2.00 bits per heavy atom. The van der Waals surface area contributed by atoms with Crippen molar-refractivity contribution in [2.75, 3.05) is 12.8 Å². The summed E-state index contributed by atoms with van der Waals surface area (Å²) < 4.78 is 4.84. The predicted molar refractivity (Wildman–Crippen MR) is 62.2 cm³/mol.